The second-order valence-corrected chi connectivity index (χ2v) is 5.88. The van der Waals surface area contributed by atoms with Crippen molar-refractivity contribution < 1.29 is 8.78 Å². The third-order valence-electron chi connectivity index (χ3n) is 3.96. The van der Waals surface area contributed by atoms with Gasteiger partial charge in [-0.3, -0.25) is 0 Å². The largest absolute Gasteiger partial charge is 0.352 e. The molecule has 0 bridgehead atoms. The van der Waals surface area contributed by atoms with Crippen LogP contribution in [0, 0.1) is 18.6 Å². The highest BCUT2D eigenvalue weighted by molar-refractivity contribution is 5.61. The third kappa shape index (κ3) is 4.14. The molecule has 0 spiro atoms. The number of para-hydroxylation sites is 1. The van der Waals surface area contributed by atoms with E-state index in [9.17, 15) is 8.78 Å². The minimum absolute atomic E-state index is 0.220. The van der Waals surface area contributed by atoms with Crippen LogP contribution in [-0.4, -0.2) is 16.5 Å². The van der Waals surface area contributed by atoms with Crippen molar-refractivity contribution in [1.29, 1.82) is 0 Å². The van der Waals surface area contributed by atoms with Gasteiger partial charge in [-0.15, -0.1) is 0 Å². The summed E-state index contributed by atoms with van der Waals surface area (Å²) in [5, 5.41) is 2.74. The first kappa shape index (κ1) is 17.8. The molecule has 1 N–H and O–H groups in total. The van der Waals surface area contributed by atoms with Gasteiger partial charge in [0.25, 0.3) is 0 Å². The lowest BCUT2D eigenvalue weighted by Crippen LogP contribution is -2.23. The summed E-state index contributed by atoms with van der Waals surface area (Å²) in [5.74, 6) is 0.235. The Labute approximate surface area is 151 Å². The highest BCUT2D eigenvalue weighted by Gasteiger charge is 2.13. The number of rotatable bonds is 6. The molecule has 0 saturated heterocycles. The summed E-state index contributed by atoms with van der Waals surface area (Å²) < 4.78 is 27.8. The lowest BCUT2D eigenvalue weighted by molar-refractivity contribution is 0.590. The summed E-state index contributed by atoms with van der Waals surface area (Å²) in [7, 11) is 0. The predicted octanol–water partition coefficient (Wildman–Crippen LogP) is 4.83. The van der Waals surface area contributed by atoms with E-state index >= 15 is 0 Å². The van der Waals surface area contributed by atoms with Gasteiger partial charge in [0.2, 0.25) is 0 Å². The number of benzene rings is 2. The molecule has 0 aliphatic heterocycles. The van der Waals surface area contributed by atoms with Crippen molar-refractivity contribution in [3.8, 4) is 0 Å². The molecule has 0 radical (unpaired) electrons. The highest BCUT2D eigenvalue weighted by Crippen LogP contribution is 2.25. The summed E-state index contributed by atoms with van der Waals surface area (Å²) >= 11 is 0. The average Bonchev–Trinajstić information content (AvgIpc) is 2.63. The van der Waals surface area contributed by atoms with Gasteiger partial charge in [-0.2, -0.15) is 0 Å². The second kappa shape index (κ2) is 7.91. The average molecular weight is 354 g/mol. The molecule has 0 saturated carbocycles. The topological polar surface area (TPSA) is 41.0 Å². The van der Waals surface area contributed by atoms with Crippen molar-refractivity contribution in [2.75, 3.05) is 16.8 Å². The fourth-order valence-corrected chi connectivity index (χ4v) is 2.68. The van der Waals surface area contributed by atoms with E-state index in [4.69, 9.17) is 0 Å². The van der Waals surface area contributed by atoms with E-state index in [0.717, 1.165) is 12.1 Å². The van der Waals surface area contributed by atoms with Crippen LogP contribution in [0.2, 0.25) is 0 Å². The Morgan fingerprint density at radius 2 is 1.65 bits per heavy atom. The van der Waals surface area contributed by atoms with E-state index in [1.807, 2.05) is 37.3 Å². The van der Waals surface area contributed by atoms with E-state index in [1.165, 1.54) is 18.2 Å². The van der Waals surface area contributed by atoms with Crippen molar-refractivity contribution in [2.24, 2.45) is 0 Å². The fraction of sp³-hybridized carbons (Fsp3) is 0.200. The first-order valence-electron chi connectivity index (χ1n) is 8.42. The monoisotopic (exact) mass is 354 g/mol. The Balaban J connectivity index is 1.89. The van der Waals surface area contributed by atoms with E-state index in [-0.39, 0.29) is 5.69 Å². The second-order valence-electron chi connectivity index (χ2n) is 5.88. The number of hydrogen-bond donors (Lipinski definition) is 1. The maximum atomic E-state index is 13.9. The van der Waals surface area contributed by atoms with Crippen molar-refractivity contribution in [3.63, 3.8) is 0 Å². The normalized spacial score (nSPS) is 10.6. The van der Waals surface area contributed by atoms with Gasteiger partial charge in [-0.1, -0.05) is 36.4 Å². The van der Waals surface area contributed by atoms with Crippen molar-refractivity contribution in [2.45, 2.75) is 20.4 Å². The molecule has 0 fully saturated rings. The van der Waals surface area contributed by atoms with Gasteiger partial charge in [0, 0.05) is 19.2 Å². The lowest BCUT2D eigenvalue weighted by atomic mass is 10.2. The van der Waals surface area contributed by atoms with Crippen molar-refractivity contribution >= 4 is 17.3 Å². The van der Waals surface area contributed by atoms with Crippen molar-refractivity contribution in [3.05, 3.63) is 77.6 Å². The standard InChI is InChI=1S/C20H20F2N4/c1-3-26(13-15-8-5-4-6-9-15)19-12-18(23-14(2)24-19)25-20-16(21)10-7-11-17(20)22/h4-12H,3,13H2,1-2H3,(H,23,24,25). The number of nitrogens with zero attached hydrogens (tertiary/aromatic N) is 3. The van der Waals surface area contributed by atoms with Crippen LogP contribution in [0.1, 0.15) is 18.3 Å². The number of hydrogen-bond acceptors (Lipinski definition) is 4. The fourth-order valence-electron chi connectivity index (χ4n) is 2.68. The number of aryl methyl sites for hydroxylation is 1. The summed E-state index contributed by atoms with van der Waals surface area (Å²) in [5.41, 5.74) is 0.933. The Morgan fingerprint density at radius 3 is 2.31 bits per heavy atom. The molecule has 1 aromatic heterocycles. The van der Waals surface area contributed by atoms with E-state index in [1.54, 1.807) is 13.0 Å². The van der Waals surface area contributed by atoms with Gasteiger partial charge in [0.1, 0.15) is 34.8 Å². The third-order valence-corrected chi connectivity index (χ3v) is 3.96. The first-order chi connectivity index (χ1) is 12.6. The smallest absolute Gasteiger partial charge is 0.149 e. The Morgan fingerprint density at radius 1 is 0.962 bits per heavy atom. The van der Waals surface area contributed by atoms with Gasteiger partial charge in [-0.05, 0) is 31.5 Å². The number of aromatic nitrogens is 2. The number of anilines is 3. The minimum atomic E-state index is -0.667. The van der Waals surface area contributed by atoms with Gasteiger partial charge in [0.15, 0.2) is 0 Å². The number of halogens is 2. The van der Waals surface area contributed by atoms with Gasteiger partial charge in [0.05, 0.1) is 0 Å². The molecule has 3 aromatic rings. The van der Waals surface area contributed by atoms with Crippen LogP contribution in [-0.2, 0) is 6.54 Å². The molecule has 134 valence electrons. The zero-order valence-corrected chi connectivity index (χ0v) is 14.7. The highest BCUT2D eigenvalue weighted by atomic mass is 19.1. The molecule has 1 heterocycles. The molecule has 0 aliphatic rings. The Hall–Kier alpha value is -3.02. The molecule has 3 rings (SSSR count). The summed E-state index contributed by atoms with van der Waals surface area (Å²) in [4.78, 5) is 10.8. The van der Waals surface area contributed by atoms with E-state index < -0.39 is 11.6 Å². The quantitative estimate of drug-likeness (QED) is 0.688. The lowest BCUT2D eigenvalue weighted by Gasteiger charge is -2.23. The molecule has 0 unspecified atom stereocenters. The van der Waals surface area contributed by atoms with Crippen LogP contribution < -0.4 is 10.2 Å². The van der Waals surface area contributed by atoms with Crippen molar-refractivity contribution in [1.82, 2.24) is 9.97 Å². The van der Waals surface area contributed by atoms with E-state index in [0.29, 0.717) is 24.0 Å². The zero-order chi connectivity index (χ0) is 18.5. The van der Waals surface area contributed by atoms with Gasteiger partial charge < -0.3 is 10.2 Å². The SMILES string of the molecule is CCN(Cc1ccccc1)c1cc(Nc2c(F)cccc2F)nc(C)n1. The maximum Gasteiger partial charge on any atom is 0.149 e. The molecule has 0 atom stereocenters. The van der Waals surface area contributed by atoms with Crippen LogP contribution in [0.5, 0.6) is 0 Å². The first-order valence-corrected chi connectivity index (χ1v) is 8.42. The van der Waals surface area contributed by atoms with Crippen LogP contribution in [0.4, 0.5) is 26.1 Å². The Kier molecular flexibility index (Phi) is 5.41. The molecule has 6 heteroatoms. The van der Waals surface area contributed by atoms with Gasteiger partial charge in [-0.25, -0.2) is 18.7 Å². The van der Waals surface area contributed by atoms with Crippen LogP contribution >= 0.6 is 0 Å². The predicted molar refractivity (Wildman–Crippen MR) is 99.6 cm³/mol. The van der Waals surface area contributed by atoms with Crippen LogP contribution in [0.3, 0.4) is 0 Å². The molecule has 2 aromatic carbocycles. The molecule has 4 nitrogen and oxygen atoms in total. The molecular formula is C20H20F2N4. The summed E-state index contributed by atoms with van der Waals surface area (Å²) in [6, 6.07) is 15.5. The summed E-state index contributed by atoms with van der Waals surface area (Å²) in [6.45, 7) is 5.20. The van der Waals surface area contributed by atoms with Crippen LogP contribution in [0.15, 0.2) is 54.6 Å². The number of nitrogens with one attached hydrogen (secondary N) is 1. The minimum Gasteiger partial charge on any atom is -0.352 e. The zero-order valence-electron chi connectivity index (χ0n) is 14.7. The Bertz CT molecular complexity index is 864. The van der Waals surface area contributed by atoms with Crippen LogP contribution in [0.25, 0.3) is 0 Å². The molecule has 26 heavy (non-hydrogen) atoms. The maximum absolute atomic E-state index is 13.9. The van der Waals surface area contributed by atoms with Gasteiger partial charge >= 0.3 is 0 Å². The van der Waals surface area contributed by atoms with E-state index in [2.05, 4.69) is 20.2 Å². The molecule has 0 amide bonds. The molecular weight excluding hydrogens is 334 g/mol. The molecule has 0 aliphatic carbocycles. The summed E-state index contributed by atoms with van der Waals surface area (Å²) in [6.07, 6.45) is 0.